The van der Waals surface area contributed by atoms with Crippen LogP contribution in [-0.2, 0) is 9.53 Å². The third-order valence-corrected chi connectivity index (χ3v) is 3.91. The molecule has 0 aromatic rings. The fourth-order valence-electron chi connectivity index (χ4n) is 3.03. The van der Waals surface area contributed by atoms with Crippen molar-refractivity contribution >= 4 is 5.91 Å². The molecule has 2 saturated heterocycles. The van der Waals surface area contributed by atoms with Crippen LogP contribution in [0.4, 0.5) is 0 Å². The number of hydrogen-bond donors (Lipinski definition) is 1. The number of ether oxygens (including phenoxy) is 1. The minimum absolute atomic E-state index is 0.339. The van der Waals surface area contributed by atoms with Crippen LogP contribution in [0.1, 0.15) is 32.6 Å². The van der Waals surface area contributed by atoms with Crippen LogP contribution in [0.3, 0.4) is 0 Å². The summed E-state index contributed by atoms with van der Waals surface area (Å²) in [4.78, 5) is 13.9. The Kier molecular flexibility index (Phi) is 4.40. The molecule has 0 spiro atoms. The number of rotatable bonds is 5. The quantitative estimate of drug-likeness (QED) is 0.780. The predicted octanol–water partition coefficient (Wildman–Crippen LogP) is 1.01. The van der Waals surface area contributed by atoms with Crippen LogP contribution in [0.2, 0.25) is 0 Å². The number of nitrogens with zero attached hydrogens (tertiary/aromatic N) is 1. The van der Waals surface area contributed by atoms with E-state index in [-0.39, 0.29) is 0 Å². The van der Waals surface area contributed by atoms with Gasteiger partial charge >= 0.3 is 0 Å². The highest BCUT2D eigenvalue weighted by Gasteiger charge is 2.40. The van der Waals surface area contributed by atoms with Crippen molar-refractivity contribution in [3.63, 3.8) is 0 Å². The SMILES string of the molecule is COCC(C)CNC1CC(=O)N2CCCCC12. The summed E-state index contributed by atoms with van der Waals surface area (Å²) in [6.45, 7) is 4.86. The standard InChI is InChI=1S/C13H24N2O2/c1-10(9-17-2)8-14-11-7-13(16)15-6-4-3-5-12(11)15/h10-12,14H,3-9H2,1-2H3. The van der Waals surface area contributed by atoms with Crippen LogP contribution < -0.4 is 5.32 Å². The Labute approximate surface area is 104 Å². The lowest BCUT2D eigenvalue weighted by atomic mass is 9.98. The molecule has 98 valence electrons. The summed E-state index contributed by atoms with van der Waals surface area (Å²) in [5.74, 6) is 0.847. The van der Waals surface area contributed by atoms with E-state index in [1.54, 1.807) is 7.11 Å². The number of carbonyl (C=O) groups excluding carboxylic acids is 1. The van der Waals surface area contributed by atoms with Gasteiger partial charge in [0.25, 0.3) is 0 Å². The lowest BCUT2D eigenvalue weighted by molar-refractivity contribution is -0.129. The fraction of sp³-hybridized carbons (Fsp3) is 0.923. The Hall–Kier alpha value is -0.610. The minimum atomic E-state index is 0.339. The van der Waals surface area contributed by atoms with Crippen molar-refractivity contribution in [3.05, 3.63) is 0 Å². The van der Waals surface area contributed by atoms with Gasteiger partial charge in [-0.15, -0.1) is 0 Å². The zero-order valence-corrected chi connectivity index (χ0v) is 10.9. The highest BCUT2D eigenvalue weighted by atomic mass is 16.5. The highest BCUT2D eigenvalue weighted by Crippen LogP contribution is 2.28. The second-order valence-corrected chi connectivity index (χ2v) is 5.43. The molecule has 3 atom stereocenters. The zero-order chi connectivity index (χ0) is 12.3. The molecule has 17 heavy (non-hydrogen) atoms. The van der Waals surface area contributed by atoms with Gasteiger partial charge in [0.1, 0.15) is 0 Å². The van der Waals surface area contributed by atoms with Crippen molar-refractivity contribution in [1.29, 1.82) is 0 Å². The molecule has 2 fully saturated rings. The molecule has 0 saturated carbocycles. The first-order valence-corrected chi connectivity index (χ1v) is 6.74. The summed E-state index contributed by atoms with van der Waals surface area (Å²) >= 11 is 0. The Balaban J connectivity index is 1.82. The molecule has 2 rings (SSSR count). The molecule has 2 aliphatic rings. The molecule has 1 N–H and O–H groups in total. The number of hydrogen-bond acceptors (Lipinski definition) is 3. The molecule has 2 aliphatic heterocycles. The van der Waals surface area contributed by atoms with E-state index in [0.717, 1.165) is 19.7 Å². The van der Waals surface area contributed by atoms with Crippen molar-refractivity contribution in [1.82, 2.24) is 10.2 Å². The third-order valence-electron chi connectivity index (χ3n) is 3.91. The molecular weight excluding hydrogens is 216 g/mol. The van der Waals surface area contributed by atoms with Crippen LogP contribution in [0.25, 0.3) is 0 Å². The van der Waals surface area contributed by atoms with Gasteiger partial charge in [0.15, 0.2) is 0 Å². The van der Waals surface area contributed by atoms with Crippen LogP contribution >= 0.6 is 0 Å². The maximum Gasteiger partial charge on any atom is 0.224 e. The van der Waals surface area contributed by atoms with E-state index in [1.165, 1.54) is 19.3 Å². The minimum Gasteiger partial charge on any atom is -0.384 e. The van der Waals surface area contributed by atoms with Gasteiger partial charge in [-0.3, -0.25) is 4.79 Å². The number of piperidine rings is 1. The van der Waals surface area contributed by atoms with E-state index in [2.05, 4.69) is 17.1 Å². The molecular formula is C13H24N2O2. The van der Waals surface area contributed by atoms with Gasteiger partial charge < -0.3 is 15.0 Å². The Morgan fingerprint density at radius 1 is 1.53 bits per heavy atom. The van der Waals surface area contributed by atoms with Crippen molar-refractivity contribution in [2.24, 2.45) is 5.92 Å². The van der Waals surface area contributed by atoms with Crippen LogP contribution in [0.5, 0.6) is 0 Å². The van der Waals surface area contributed by atoms with Crippen LogP contribution in [0.15, 0.2) is 0 Å². The smallest absolute Gasteiger partial charge is 0.224 e. The first-order chi connectivity index (χ1) is 8.22. The molecule has 0 aromatic heterocycles. The molecule has 2 heterocycles. The number of methoxy groups -OCH3 is 1. The third kappa shape index (κ3) is 2.99. The maximum absolute atomic E-state index is 11.9. The summed E-state index contributed by atoms with van der Waals surface area (Å²) < 4.78 is 5.13. The molecule has 1 amide bonds. The molecule has 0 bridgehead atoms. The Morgan fingerprint density at radius 2 is 2.35 bits per heavy atom. The van der Waals surface area contributed by atoms with Crippen LogP contribution in [0, 0.1) is 5.92 Å². The highest BCUT2D eigenvalue weighted by molar-refractivity contribution is 5.80. The lowest BCUT2D eigenvalue weighted by Gasteiger charge is -2.33. The van der Waals surface area contributed by atoms with E-state index < -0.39 is 0 Å². The predicted molar refractivity (Wildman–Crippen MR) is 66.8 cm³/mol. The summed E-state index contributed by atoms with van der Waals surface area (Å²) in [7, 11) is 1.73. The van der Waals surface area contributed by atoms with Gasteiger partial charge in [0.05, 0.1) is 0 Å². The van der Waals surface area contributed by atoms with Gasteiger partial charge in [0.2, 0.25) is 5.91 Å². The second-order valence-electron chi connectivity index (χ2n) is 5.43. The van der Waals surface area contributed by atoms with Gasteiger partial charge in [-0.2, -0.15) is 0 Å². The van der Waals surface area contributed by atoms with E-state index in [9.17, 15) is 4.79 Å². The largest absolute Gasteiger partial charge is 0.384 e. The van der Waals surface area contributed by atoms with E-state index in [1.807, 2.05) is 0 Å². The Bertz CT molecular complexity index is 270. The summed E-state index contributed by atoms with van der Waals surface area (Å²) in [5, 5.41) is 3.55. The molecule has 0 aromatic carbocycles. The van der Waals surface area contributed by atoms with Gasteiger partial charge in [0, 0.05) is 45.3 Å². The van der Waals surface area contributed by atoms with Crippen molar-refractivity contribution in [3.8, 4) is 0 Å². The van der Waals surface area contributed by atoms with Crippen molar-refractivity contribution in [2.75, 3.05) is 26.8 Å². The number of carbonyl (C=O) groups is 1. The fourth-order valence-corrected chi connectivity index (χ4v) is 3.03. The van der Waals surface area contributed by atoms with Gasteiger partial charge in [-0.25, -0.2) is 0 Å². The Morgan fingerprint density at radius 3 is 3.12 bits per heavy atom. The first-order valence-electron chi connectivity index (χ1n) is 6.74. The molecule has 0 aliphatic carbocycles. The topological polar surface area (TPSA) is 41.6 Å². The van der Waals surface area contributed by atoms with Crippen molar-refractivity contribution in [2.45, 2.75) is 44.7 Å². The van der Waals surface area contributed by atoms with Gasteiger partial charge in [-0.1, -0.05) is 6.92 Å². The van der Waals surface area contributed by atoms with E-state index in [4.69, 9.17) is 4.74 Å². The van der Waals surface area contributed by atoms with Crippen LogP contribution in [-0.4, -0.2) is 49.7 Å². The zero-order valence-electron chi connectivity index (χ0n) is 10.9. The van der Waals surface area contributed by atoms with Gasteiger partial charge in [-0.05, 0) is 25.2 Å². The normalized spacial score (nSPS) is 30.5. The molecule has 0 radical (unpaired) electrons. The number of fused-ring (bicyclic) bond motifs is 1. The van der Waals surface area contributed by atoms with E-state index >= 15 is 0 Å². The average Bonchev–Trinajstić information content (AvgIpc) is 2.65. The lowest BCUT2D eigenvalue weighted by Crippen LogP contribution is -2.46. The van der Waals surface area contributed by atoms with E-state index in [0.29, 0.717) is 30.3 Å². The summed E-state index contributed by atoms with van der Waals surface area (Å²) in [5.41, 5.74) is 0. The maximum atomic E-state index is 11.9. The molecule has 4 heteroatoms. The molecule has 3 unspecified atom stereocenters. The average molecular weight is 240 g/mol. The molecule has 4 nitrogen and oxygen atoms in total. The monoisotopic (exact) mass is 240 g/mol. The number of nitrogens with one attached hydrogen (secondary N) is 1. The second kappa shape index (κ2) is 5.83. The number of amides is 1. The first kappa shape index (κ1) is 12.8. The summed E-state index contributed by atoms with van der Waals surface area (Å²) in [6, 6.07) is 0.813. The van der Waals surface area contributed by atoms with Crippen molar-refractivity contribution < 1.29 is 9.53 Å². The summed E-state index contributed by atoms with van der Waals surface area (Å²) in [6.07, 6.45) is 4.29.